The minimum atomic E-state index is -0.953. The number of nitrogens with one attached hydrogen (secondary N) is 1. The number of carbonyl (C=O) groups excluding carboxylic acids is 1. The zero-order valence-electron chi connectivity index (χ0n) is 11.4. The first-order valence-corrected chi connectivity index (χ1v) is 7.27. The second-order valence-corrected chi connectivity index (χ2v) is 5.75. The summed E-state index contributed by atoms with van der Waals surface area (Å²) in [4.78, 5) is 22.9. The van der Waals surface area contributed by atoms with E-state index in [1.807, 2.05) is 13.8 Å². The smallest absolute Gasteiger partial charge is 0.305 e. The molecule has 0 spiro atoms. The molecule has 0 saturated heterocycles. The zero-order chi connectivity index (χ0) is 15.1. The van der Waals surface area contributed by atoms with Gasteiger partial charge in [0.25, 0.3) is 0 Å². The van der Waals surface area contributed by atoms with Crippen molar-refractivity contribution < 1.29 is 19.1 Å². The number of amides is 1. The van der Waals surface area contributed by atoms with Crippen LogP contribution in [0.15, 0.2) is 29.2 Å². The van der Waals surface area contributed by atoms with E-state index < -0.39 is 12.0 Å². The van der Waals surface area contributed by atoms with Gasteiger partial charge in [0.1, 0.15) is 5.82 Å². The predicted molar refractivity (Wildman–Crippen MR) is 76.1 cm³/mol. The SMILES string of the molecule is CC(C)C(CC(=O)O)NC(=O)CSc1ccccc1F. The van der Waals surface area contributed by atoms with Crippen LogP contribution in [0.3, 0.4) is 0 Å². The van der Waals surface area contributed by atoms with E-state index in [-0.39, 0.29) is 29.8 Å². The van der Waals surface area contributed by atoms with Crippen molar-refractivity contribution in [3.05, 3.63) is 30.1 Å². The number of carboxylic acid groups (broad SMARTS) is 1. The van der Waals surface area contributed by atoms with E-state index in [2.05, 4.69) is 5.32 Å². The van der Waals surface area contributed by atoms with Gasteiger partial charge < -0.3 is 10.4 Å². The Morgan fingerprint density at radius 3 is 2.55 bits per heavy atom. The number of hydrogen-bond acceptors (Lipinski definition) is 3. The number of hydrogen-bond donors (Lipinski definition) is 2. The molecule has 2 N–H and O–H groups in total. The van der Waals surface area contributed by atoms with E-state index in [0.29, 0.717) is 4.90 Å². The van der Waals surface area contributed by atoms with Gasteiger partial charge in [-0.05, 0) is 18.1 Å². The molecule has 0 radical (unpaired) electrons. The Labute approximate surface area is 121 Å². The summed E-state index contributed by atoms with van der Waals surface area (Å²) in [5.74, 6) is -1.53. The molecule has 6 heteroatoms. The van der Waals surface area contributed by atoms with Crippen molar-refractivity contribution in [3.63, 3.8) is 0 Å². The van der Waals surface area contributed by atoms with Gasteiger partial charge in [0.05, 0.1) is 12.2 Å². The number of carbonyl (C=O) groups is 2. The lowest BCUT2D eigenvalue weighted by atomic mass is 10.0. The topological polar surface area (TPSA) is 66.4 Å². The molecule has 0 fully saturated rings. The molecule has 1 rings (SSSR count). The molecule has 110 valence electrons. The molecular weight excluding hydrogens is 281 g/mol. The summed E-state index contributed by atoms with van der Waals surface area (Å²) in [6, 6.07) is 5.80. The third-order valence-corrected chi connectivity index (χ3v) is 3.79. The molecule has 0 aromatic heterocycles. The van der Waals surface area contributed by atoms with Crippen LogP contribution >= 0.6 is 11.8 Å². The van der Waals surface area contributed by atoms with E-state index in [1.54, 1.807) is 18.2 Å². The molecule has 4 nitrogen and oxygen atoms in total. The minimum absolute atomic E-state index is 0.0218. The summed E-state index contributed by atoms with van der Waals surface area (Å²) in [6.45, 7) is 3.69. The first-order chi connectivity index (χ1) is 9.40. The molecule has 0 bridgehead atoms. The van der Waals surface area contributed by atoms with Crippen LogP contribution in [0.1, 0.15) is 20.3 Å². The van der Waals surface area contributed by atoms with Crippen molar-refractivity contribution in [3.8, 4) is 0 Å². The van der Waals surface area contributed by atoms with Crippen LogP contribution in [0.5, 0.6) is 0 Å². The Kier molecular flexibility index (Phi) is 6.51. The summed E-state index contributed by atoms with van der Waals surface area (Å²) < 4.78 is 13.4. The normalized spacial score (nSPS) is 12.2. The molecule has 0 aliphatic rings. The van der Waals surface area contributed by atoms with Crippen LogP contribution < -0.4 is 5.32 Å². The molecule has 1 aromatic carbocycles. The average Bonchev–Trinajstić information content (AvgIpc) is 2.36. The maximum absolute atomic E-state index is 13.4. The quantitative estimate of drug-likeness (QED) is 0.759. The van der Waals surface area contributed by atoms with Gasteiger partial charge in [-0.1, -0.05) is 26.0 Å². The second-order valence-electron chi connectivity index (χ2n) is 4.73. The number of rotatable bonds is 7. The van der Waals surface area contributed by atoms with Crippen LogP contribution in [-0.4, -0.2) is 28.8 Å². The van der Waals surface area contributed by atoms with Crippen LogP contribution in [0.4, 0.5) is 4.39 Å². The Bertz CT molecular complexity index is 479. The van der Waals surface area contributed by atoms with Gasteiger partial charge in [-0.2, -0.15) is 0 Å². The summed E-state index contributed by atoms with van der Waals surface area (Å²) in [7, 11) is 0. The highest BCUT2D eigenvalue weighted by Crippen LogP contribution is 2.20. The average molecular weight is 299 g/mol. The molecule has 0 saturated carbocycles. The van der Waals surface area contributed by atoms with E-state index in [0.717, 1.165) is 11.8 Å². The molecule has 0 heterocycles. The first kappa shape index (κ1) is 16.5. The van der Waals surface area contributed by atoms with Crippen molar-refractivity contribution >= 4 is 23.6 Å². The maximum Gasteiger partial charge on any atom is 0.305 e. The van der Waals surface area contributed by atoms with Crippen LogP contribution in [0, 0.1) is 11.7 Å². The highest BCUT2D eigenvalue weighted by molar-refractivity contribution is 8.00. The summed E-state index contributed by atoms with van der Waals surface area (Å²) >= 11 is 1.09. The Hall–Kier alpha value is -1.56. The standard InChI is InChI=1S/C14H18FNO3S/c1-9(2)11(7-14(18)19)16-13(17)8-20-12-6-4-3-5-10(12)15/h3-6,9,11H,7-8H2,1-2H3,(H,16,17)(H,18,19). The lowest BCUT2D eigenvalue weighted by Crippen LogP contribution is -2.40. The van der Waals surface area contributed by atoms with Gasteiger partial charge in [0, 0.05) is 10.9 Å². The number of carboxylic acids is 1. The third-order valence-electron chi connectivity index (χ3n) is 2.74. The van der Waals surface area contributed by atoms with Crippen molar-refractivity contribution in [2.75, 3.05) is 5.75 Å². The fourth-order valence-electron chi connectivity index (χ4n) is 1.60. The van der Waals surface area contributed by atoms with Gasteiger partial charge in [-0.15, -0.1) is 11.8 Å². The molecule has 1 aromatic rings. The Morgan fingerprint density at radius 1 is 1.35 bits per heavy atom. The van der Waals surface area contributed by atoms with Crippen LogP contribution in [0.2, 0.25) is 0 Å². The number of benzene rings is 1. The first-order valence-electron chi connectivity index (χ1n) is 6.28. The van der Waals surface area contributed by atoms with Gasteiger partial charge in [-0.25, -0.2) is 4.39 Å². The Morgan fingerprint density at radius 2 is 2.00 bits per heavy atom. The fraction of sp³-hybridized carbons (Fsp3) is 0.429. The van der Waals surface area contributed by atoms with Crippen molar-refractivity contribution in [2.24, 2.45) is 5.92 Å². The summed E-state index contributed by atoms with van der Waals surface area (Å²) in [5, 5.41) is 11.5. The lowest BCUT2D eigenvalue weighted by Gasteiger charge is -2.20. The number of thioether (sulfide) groups is 1. The monoisotopic (exact) mass is 299 g/mol. The van der Waals surface area contributed by atoms with E-state index >= 15 is 0 Å². The fourth-order valence-corrected chi connectivity index (χ4v) is 2.35. The lowest BCUT2D eigenvalue weighted by molar-refractivity contribution is -0.138. The molecule has 1 atom stereocenters. The van der Waals surface area contributed by atoms with Gasteiger partial charge in [0.15, 0.2) is 0 Å². The molecule has 1 unspecified atom stereocenters. The molecule has 1 amide bonds. The molecule has 0 aliphatic carbocycles. The highest BCUT2D eigenvalue weighted by atomic mass is 32.2. The number of aliphatic carboxylic acids is 1. The van der Waals surface area contributed by atoms with E-state index in [4.69, 9.17) is 5.11 Å². The van der Waals surface area contributed by atoms with Gasteiger partial charge in [-0.3, -0.25) is 9.59 Å². The Balaban J connectivity index is 2.50. The van der Waals surface area contributed by atoms with Gasteiger partial charge >= 0.3 is 5.97 Å². The van der Waals surface area contributed by atoms with Crippen LogP contribution in [-0.2, 0) is 9.59 Å². The van der Waals surface area contributed by atoms with Crippen molar-refractivity contribution in [2.45, 2.75) is 31.2 Å². The highest BCUT2D eigenvalue weighted by Gasteiger charge is 2.19. The minimum Gasteiger partial charge on any atom is -0.481 e. The summed E-state index contributed by atoms with van der Waals surface area (Å²) in [6.07, 6.45) is -0.117. The van der Waals surface area contributed by atoms with Crippen molar-refractivity contribution in [1.29, 1.82) is 0 Å². The van der Waals surface area contributed by atoms with Gasteiger partial charge in [0.2, 0.25) is 5.91 Å². The van der Waals surface area contributed by atoms with Crippen molar-refractivity contribution in [1.82, 2.24) is 5.32 Å². The van der Waals surface area contributed by atoms with E-state index in [1.165, 1.54) is 6.07 Å². The molecule has 0 aliphatic heterocycles. The second kappa shape index (κ2) is 7.89. The largest absolute Gasteiger partial charge is 0.481 e. The molecular formula is C14H18FNO3S. The zero-order valence-corrected chi connectivity index (χ0v) is 12.2. The predicted octanol–water partition coefficient (Wildman–Crippen LogP) is 2.53. The third kappa shape index (κ3) is 5.61. The number of halogens is 1. The maximum atomic E-state index is 13.4. The van der Waals surface area contributed by atoms with Crippen LogP contribution in [0.25, 0.3) is 0 Å². The molecule has 20 heavy (non-hydrogen) atoms. The van der Waals surface area contributed by atoms with E-state index in [9.17, 15) is 14.0 Å². The summed E-state index contributed by atoms with van der Waals surface area (Å²) in [5.41, 5.74) is 0.